The predicted molar refractivity (Wildman–Crippen MR) is 147 cm³/mol. The predicted octanol–water partition coefficient (Wildman–Crippen LogP) is 8.68. The lowest BCUT2D eigenvalue weighted by Crippen LogP contribution is -2.15. The van der Waals surface area contributed by atoms with E-state index in [1.54, 1.807) is 33.0 Å². The summed E-state index contributed by atoms with van der Waals surface area (Å²) in [6, 6.07) is 32.4. The SMILES string of the molecule is CC1(C)c2cc(-c3ccccc3)ccc2-c2ccc(-c3cc4c5c(ccc6c5c3CC6)CC4)cc21. The summed E-state index contributed by atoms with van der Waals surface area (Å²) in [6.07, 6.45) is 4.75. The van der Waals surface area contributed by atoms with Crippen LogP contribution in [0.2, 0.25) is 0 Å². The Morgan fingerprint density at radius 3 is 1.89 bits per heavy atom. The average Bonchev–Trinajstić information content (AvgIpc) is 3.56. The molecular weight excluding hydrogens is 420 g/mol. The molecule has 3 aliphatic carbocycles. The van der Waals surface area contributed by atoms with Gasteiger partial charge in [0.05, 0.1) is 0 Å². The molecule has 0 radical (unpaired) electrons. The van der Waals surface area contributed by atoms with Crippen molar-refractivity contribution in [3.8, 4) is 33.4 Å². The third-order valence-corrected chi connectivity index (χ3v) is 9.05. The molecule has 5 aromatic rings. The minimum atomic E-state index is -0.0161. The van der Waals surface area contributed by atoms with E-state index in [-0.39, 0.29) is 5.41 Å². The Kier molecular flexibility index (Phi) is 3.78. The smallest absolute Gasteiger partial charge is 0.0159 e. The Morgan fingerprint density at radius 1 is 0.486 bits per heavy atom. The van der Waals surface area contributed by atoms with E-state index in [0.29, 0.717) is 0 Å². The molecule has 0 saturated carbocycles. The second-order valence-corrected chi connectivity index (χ2v) is 11.2. The fourth-order valence-corrected chi connectivity index (χ4v) is 7.24. The lowest BCUT2D eigenvalue weighted by Gasteiger charge is -2.23. The summed E-state index contributed by atoms with van der Waals surface area (Å²) in [4.78, 5) is 0. The normalized spacial score (nSPS) is 16.1. The standard InChI is InChI=1S/C35H28/c1-35(2)31-19-24(21-6-4-3-5-7-21)13-15-27(31)28-16-14-25(20-32(28)35)30-18-26-11-10-22-8-9-23-12-17-29(30)34(23)33(22)26/h3-9,13-16,18-20H,10-12,17H2,1-2H3. The van der Waals surface area contributed by atoms with E-state index in [0.717, 1.165) is 0 Å². The molecule has 0 N–H and O–H groups in total. The molecule has 168 valence electrons. The molecule has 0 heteroatoms. The van der Waals surface area contributed by atoms with Crippen molar-refractivity contribution in [1.82, 2.24) is 0 Å². The molecule has 0 nitrogen and oxygen atoms in total. The van der Waals surface area contributed by atoms with Gasteiger partial charge in [-0.05, 0) is 115 Å². The van der Waals surface area contributed by atoms with E-state index in [2.05, 4.69) is 98.8 Å². The first-order valence-electron chi connectivity index (χ1n) is 13.0. The van der Waals surface area contributed by atoms with Gasteiger partial charge in [-0.15, -0.1) is 0 Å². The van der Waals surface area contributed by atoms with E-state index in [4.69, 9.17) is 0 Å². The molecule has 5 aromatic carbocycles. The third-order valence-electron chi connectivity index (χ3n) is 9.05. The van der Waals surface area contributed by atoms with Crippen LogP contribution in [0.3, 0.4) is 0 Å². The highest BCUT2D eigenvalue weighted by Gasteiger charge is 2.36. The monoisotopic (exact) mass is 448 g/mol. The Balaban J connectivity index is 1.30. The number of rotatable bonds is 2. The maximum Gasteiger partial charge on any atom is 0.0159 e. The van der Waals surface area contributed by atoms with Gasteiger partial charge in [0.15, 0.2) is 0 Å². The highest BCUT2D eigenvalue weighted by Crippen LogP contribution is 2.51. The van der Waals surface area contributed by atoms with Crippen LogP contribution in [0, 0.1) is 0 Å². The van der Waals surface area contributed by atoms with Crippen molar-refractivity contribution >= 4 is 10.8 Å². The van der Waals surface area contributed by atoms with Crippen LogP contribution < -0.4 is 0 Å². The van der Waals surface area contributed by atoms with E-state index in [1.807, 2.05) is 0 Å². The van der Waals surface area contributed by atoms with Crippen molar-refractivity contribution in [3.05, 3.63) is 118 Å². The highest BCUT2D eigenvalue weighted by atomic mass is 14.4. The molecular formula is C35H28. The Hall–Kier alpha value is -3.64. The minimum Gasteiger partial charge on any atom is -0.0622 e. The van der Waals surface area contributed by atoms with Gasteiger partial charge in [-0.2, -0.15) is 0 Å². The molecule has 0 aliphatic heterocycles. The second-order valence-electron chi connectivity index (χ2n) is 11.2. The first kappa shape index (κ1) is 19.6. The van der Waals surface area contributed by atoms with Crippen LogP contribution in [0.4, 0.5) is 0 Å². The second kappa shape index (κ2) is 6.73. The summed E-state index contributed by atoms with van der Waals surface area (Å²) in [5.74, 6) is 0. The quantitative estimate of drug-likeness (QED) is 0.253. The number of hydrogen-bond acceptors (Lipinski definition) is 0. The number of hydrogen-bond donors (Lipinski definition) is 0. The molecule has 0 amide bonds. The van der Waals surface area contributed by atoms with E-state index >= 15 is 0 Å². The van der Waals surface area contributed by atoms with Crippen LogP contribution in [0.1, 0.15) is 47.2 Å². The molecule has 0 aromatic heterocycles. The van der Waals surface area contributed by atoms with Gasteiger partial charge >= 0.3 is 0 Å². The Labute approximate surface area is 207 Å². The lowest BCUT2D eigenvalue weighted by molar-refractivity contribution is 0.661. The first-order valence-corrected chi connectivity index (χ1v) is 13.0. The Bertz CT molecular complexity index is 1700. The number of benzene rings is 5. The van der Waals surface area contributed by atoms with Gasteiger partial charge in [-0.25, -0.2) is 0 Å². The van der Waals surface area contributed by atoms with Crippen LogP contribution in [-0.4, -0.2) is 0 Å². The molecule has 0 bridgehead atoms. The molecule has 35 heavy (non-hydrogen) atoms. The van der Waals surface area contributed by atoms with Gasteiger partial charge in [0, 0.05) is 5.41 Å². The summed E-state index contributed by atoms with van der Waals surface area (Å²) in [7, 11) is 0. The van der Waals surface area contributed by atoms with Crippen LogP contribution in [0.5, 0.6) is 0 Å². The summed E-state index contributed by atoms with van der Waals surface area (Å²) in [6.45, 7) is 4.80. The first-order chi connectivity index (χ1) is 17.1. The van der Waals surface area contributed by atoms with Crippen LogP contribution in [0.15, 0.2) is 84.9 Å². The third kappa shape index (κ3) is 2.58. The van der Waals surface area contributed by atoms with Crippen LogP contribution >= 0.6 is 0 Å². The zero-order valence-electron chi connectivity index (χ0n) is 20.4. The van der Waals surface area contributed by atoms with Crippen molar-refractivity contribution in [1.29, 1.82) is 0 Å². The molecule has 3 aliphatic rings. The summed E-state index contributed by atoms with van der Waals surface area (Å²) in [5, 5.41) is 3.17. The Morgan fingerprint density at radius 2 is 1.11 bits per heavy atom. The fraction of sp³-hybridized carbons (Fsp3) is 0.200. The van der Waals surface area contributed by atoms with Crippen molar-refractivity contribution in [2.24, 2.45) is 0 Å². The van der Waals surface area contributed by atoms with Gasteiger partial charge in [-0.1, -0.05) is 86.6 Å². The molecule has 0 unspecified atom stereocenters. The largest absolute Gasteiger partial charge is 0.0622 e. The summed E-state index contributed by atoms with van der Waals surface area (Å²) >= 11 is 0. The fourth-order valence-electron chi connectivity index (χ4n) is 7.24. The number of aryl methyl sites for hydroxylation is 4. The molecule has 0 saturated heterocycles. The molecule has 0 heterocycles. The van der Waals surface area contributed by atoms with Crippen molar-refractivity contribution < 1.29 is 0 Å². The highest BCUT2D eigenvalue weighted by molar-refractivity contribution is 6.01. The van der Waals surface area contributed by atoms with E-state index in [9.17, 15) is 0 Å². The average molecular weight is 449 g/mol. The molecule has 8 rings (SSSR count). The molecule has 0 spiro atoms. The van der Waals surface area contributed by atoms with Gasteiger partial charge in [-0.3, -0.25) is 0 Å². The zero-order valence-corrected chi connectivity index (χ0v) is 20.4. The lowest BCUT2D eigenvalue weighted by atomic mass is 9.80. The zero-order chi connectivity index (χ0) is 23.3. The maximum absolute atomic E-state index is 2.54. The van der Waals surface area contributed by atoms with Gasteiger partial charge < -0.3 is 0 Å². The van der Waals surface area contributed by atoms with Gasteiger partial charge in [0.25, 0.3) is 0 Å². The number of fused-ring (bicyclic) bond motifs is 3. The van der Waals surface area contributed by atoms with Crippen LogP contribution in [-0.2, 0) is 31.1 Å². The van der Waals surface area contributed by atoms with Crippen molar-refractivity contribution in [3.63, 3.8) is 0 Å². The molecule has 0 fully saturated rings. The van der Waals surface area contributed by atoms with Crippen molar-refractivity contribution in [2.75, 3.05) is 0 Å². The van der Waals surface area contributed by atoms with Gasteiger partial charge in [0.1, 0.15) is 0 Å². The van der Waals surface area contributed by atoms with Gasteiger partial charge in [0.2, 0.25) is 0 Å². The molecule has 0 atom stereocenters. The van der Waals surface area contributed by atoms with Crippen molar-refractivity contribution in [2.45, 2.75) is 44.9 Å². The van der Waals surface area contributed by atoms with Crippen LogP contribution in [0.25, 0.3) is 44.2 Å². The van der Waals surface area contributed by atoms with E-state index in [1.165, 1.54) is 70.2 Å². The topological polar surface area (TPSA) is 0 Å². The summed E-state index contributed by atoms with van der Waals surface area (Å²) in [5.41, 5.74) is 17.4. The maximum atomic E-state index is 2.54. The summed E-state index contributed by atoms with van der Waals surface area (Å²) < 4.78 is 0. The van der Waals surface area contributed by atoms with E-state index < -0.39 is 0 Å². The minimum absolute atomic E-state index is 0.0161.